The minimum Gasteiger partial charge on any atom is -0.310 e. The first-order chi connectivity index (χ1) is 9.90. The van der Waals surface area contributed by atoms with E-state index < -0.39 is 0 Å². The molecule has 1 fully saturated rings. The molecule has 1 N–H and O–H groups in total. The summed E-state index contributed by atoms with van der Waals surface area (Å²) in [6.45, 7) is 0.885. The molecule has 0 atom stereocenters. The molecule has 2 heterocycles. The standard InChI is InChI=1S/C15H15N5/c1-2-4-14-13(3-1)18-19-20(14)15-8-5-11(10-17-15)9-16-12-6-7-12/h1-5,8,10,12,16H,6-7,9H2. The molecule has 1 aliphatic rings. The van der Waals surface area contributed by atoms with Crippen molar-refractivity contribution in [3.05, 3.63) is 48.2 Å². The number of pyridine rings is 1. The minimum atomic E-state index is 0.717. The number of para-hydroxylation sites is 1. The largest absolute Gasteiger partial charge is 0.310 e. The summed E-state index contributed by atoms with van der Waals surface area (Å²) in [5.41, 5.74) is 3.06. The number of aromatic nitrogens is 4. The number of benzene rings is 1. The summed E-state index contributed by atoms with van der Waals surface area (Å²) in [6, 6.07) is 12.7. The van der Waals surface area contributed by atoms with E-state index in [1.165, 1.54) is 18.4 Å². The zero-order chi connectivity index (χ0) is 13.4. The average molecular weight is 265 g/mol. The van der Waals surface area contributed by atoms with Crippen molar-refractivity contribution in [3.8, 4) is 5.82 Å². The van der Waals surface area contributed by atoms with Gasteiger partial charge in [0, 0.05) is 18.8 Å². The van der Waals surface area contributed by atoms with Crippen LogP contribution in [0.5, 0.6) is 0 Å². The molecule has 0 saturated heterocycles. The Bertz CT molecular complexity index is 727. The van der Waals surface area contributed by atoms with E-state index in [4.69, 9.17) is 0 Å². The molecule has 0 unspecified atom stereocenters. The Kier molecular flexibility index (Phi) is 2.70. The van der Waals surface area contributed by atoms with Gasteiger partial charge in [-0.1, -0.05) is 23.4 Å². The van der Waals surface area contributed by atoms with Crippen LogP contribution < -0.4 is 5.32 Å². The van der Waals surface area contributed by atoms with Crippen LogP contribution in [0.15, 0.2) is 42.6 Å². The SMILES string of the molecule is c1ccc2c(c1)nnn2-c1ccc(CNC2CC2)cn1. The zero-order valence-electron chi connectivity index (χ0n) is 11.0. The fourth-order valence-electron chi connectivity index (χ4n) is 2.23. The molecule has 3 aromatic rings. The van der Waals surface area contributed by atoms with Crippen molar-refractivity contribution < 1.29 is 0 Å². The molecule has 2 aromatic heterocycles. The molecule has 4 rings (SSSR count). The number of hydrogen-bond acceptors (Lipinski definition) is 4. The summed E-state index contributed by atoms with van der Waals surface area (Å²) >= 11 is 0. The van der Waals surface area contributed by atoms with E-state index >= 15 is 0 Å². The zero-order valence-corrected chi connectivity index (χ0v) is 11.0. The predicted molar refractivity (Wildman–Crippen MR) is 76.5 cm³/mol. The Morgan fingerprint density at radius 1 is 1.15 bits per heavy atom. The maximum atomic E-state index is 4.49. The fourth-order valence-corrected chi connectivity index (χ4v) is 2.23. The van der Waals surface area contributed by atoms with Gasteiger partial charge in [0.15, 0.2) is 5.82 Å². The van der Waals surface area contributed by atoms with Gasteiger partial charge in [-0.3, -0.25) is 0 Å². The van der Waals surface area contributed by atoms with Crippen molar-refractivity contribution in [2.24, 2.45) is 0 Å². The Morgan fingerprint density at radius 2 is 2.05 bits per heavy atom. The van der Waals surface area contributed by atoms with Gasteiger partial charge in [-0.25, -0.2) is 4.98 Å². The van der Waals surface area contributed by atoms with Crippen molar-refractivity contribution in [2.75, 3.05) is 0 Å². The summed E-state index contributed by atoms with van der Waals surface area (Å²) in [5, 5.41) is 11.8. The maximum Gasteiger partial charge on any atom is 0.155 e. The number of rotatable bonds is 4. The quantitative estimate of drug-likeness (QED) is 0.784. The van der Waals surface area contributed by atoms with Gasteiger partial charge in [0.1, 0.15) is 5.52 Å². The van der Waals surface area contributed by atoms with Crippen LogP contribution in [0.4, 0.5) is 0 Å². The van der Waals surface area contributed by atoms with Crippen LogP contribution >= 0.6 is 0 Å². The summed E-state index contributed by atoms with van der Waals surface area (Å²) in [6.07, 6.45) is 4.51. The molecule has 0 radical (unpaired) electrons. The van der Waals surface area contributed by atoms with E-state index in [9.17, 15) is 0 Å². The van der Waals surface area contributed by atoms with Gasteiger partial charge in [0.25, 0.3) is 0 Å². The number of nitrogens with one attached hydrogen (secondary N) is 1. The van der Waals surface area contributed by atoms with Crippen LogP contribution in [0, 0.1) is 0 Å². The van der Waals surface area contributed by atoms with E-state index in [-0.39, 0.29) is 0 Å². The summed E-state index contributed by atoms with van der Waals surface area (Å²) < 4.78 is 1.77. The van der Waals surface area contributed by atoms with E-state index in [1.807, 2.05) is 36.5 Å². The minimum absolute atomic E-state index is 0.717. The molecule has 1 saturated carbocycles. The smallest absolute Gasteiger partial charge is 0.155 e. The van der Waals surface area contributed by atoms with Gasteiger partial charge < -0.3 is 5.32 Å². The second kappa shape index (κ2) is 4.68. The first-order valence-electron chi connectivity index (χ1n) is 6.89. The van der Waals surface area contributed by atoms with Gasteiger partial charge in [0.05, 0.1) is 5.52 Å². The van der Waals surface area contributed by atoms with Crippen molar-refractivity contribution in [1.29, 1.82) is 0 Å². The van der Waals surface area contributed by atoms with Crippen molar-refractivity contribution in [1.82, 2.24) is 25.3 Å². The molecule has 0 amide bonds. The summed E-state index contributed by atoms with van der Waals surface area (Å²) in [4.78, 5) is 4.49. The molecule has 0 bridgehead atoms. The Labute approximate surface area is 116 Å². The van der Waals surface area contributed by atoms with Crippen LogP contribution in [-0.2, 0) is 6.54 Å². The maximum absolute atomic E-state index is 4.49. The molecular weight excluding hydrogens is 250 g/mol. The Morgan fingerprint density at radius 3 is 2.85 bits per heavy atom. The highest BCUT2D eigenvalue weighted by molar-refractivity contribution is 5.75. The van der Waals surface area contributed by atoms with Crippen LogP contribution in [0.2, 0.25) is 0 Å². The third-order valence-corrected chi connectivity index (χ3v) is 3.55. The molecule has 0 spiro atoms. The Hall–Kier alpha value is -2.27. The normalized spacial score (nSPS) is 14.8. The lowest BCUT2D eigenvalue weighted by molar-refractivity contribution is 0.684. The molecule has 100 valence electrons. The highest BCUT2D eigenvalue weighted by Gasteiger charge is 2.19. The monoisotopic (exact) mass is 265 g/mol. The van der Waals surface area contributed by atoms with Crippen LogP contribution in [-0.4, -0.2) is 26.0 Å². The van der Waals surface area contributed by atoms with E-state index in [1.54, 1.807) is 4.68 Å². The number of hydrogen-bond donors (Lipinski definition) is 1. The second-order valence-electron chi connectivity index (χ2n) is 5.17. The van der Waals surface area contributed by atoms with E-state index in [2.05, 4.69) is 26.7 Å². The summed E-state index contributed by atoms with van der Waals surface area (Å²) in [7, 11) is 0. The predicted octanol–water partition coefficient (Wildman–Crippen LogP) is 2.07. The highest BCUT2D eigenvalue weighted by atomic mass is 15.4. The van der Waals surface area contributed by atoms with Gasteiger partial charge in [-0.05, 0) is 36.6 Å². The van der Waals surface area contributed by atoms with Gasteiger partial charge in [-0.15, -0.1) is 5.10 Å². The number of nitrogens with zero attached hydrogens (tertiary/aromatic N) is 4. The first kappa shape index (κ1) is 11.5. The van der Waals surface area contributed by atoms with Gasteiger partial charge in [0.2, 0.25) is 0 Å². The summed E-state index contributed by atoms with van der Waals surface area (Å²) in [5.74, 6) is 0.800. The van der Waals surface area contributed by atoms with E-state index in [0.717, 1.165) is 23.4 Å². The van der Waals surface area contributed by atoms with Crippen molar-refractivity contribution in [2.45, 2.75) is 25.4 Å². The number of fused-ring (bicyclic) bond motifs is 1. The van der Waals surface area contributed by atoms with Crippen molar-refractivity contribution in [3.63, 3.8) is 0 Å². The lowest BCUT2D eigenvalue weighted by Crippen LogP contribution is -2.15. The van der Waals surface area contributed by atoms with E-state index in [0.29, 0.717) is 6.04 Å². The van der Waals surface area contributed by atoms with Crippen LogP contribution in [0.1, 0.15) is 18.4 Å². The lowest BCUT2D eigenvalue weighted by Gasteiger charge is -2.04. The molecule has 5 heteroatoms. The third kappa shape index (κ3) is 2.16. The highest BCUT2D eigenvalue weighted by Crippen LogP contribution is 2.19. The molecule has 1 aromatic carbocycles. The first-order valence-corrected chi connectivity index (χ1v) is 6.89. The molecule has 0 aliphatic heterocycles. The lowest BCUT2D eigenvalue weighted by atomic mass is 10.2. The molecule has 1 aliphatic carbocycles. The third-order valence-electron chi connectivity index (χ3n) is 3.55. The van der Waals surface area contributed by atoms with Gasteiger partial charge >= 0.3 is 0 Å². The fraction of sp³-hybridized carbons (Fsp3) is 0.267. The average Bonchev–Trinajstić information content (AvgIpc) is 3.23. The van der Waals surface area contributed by atoms with Crippen LogP contribution in [0.3, 0.4) is 0 Å². The molecule has 5 nitrogen and oxygen atoms in total. The molecular formula is C15H15N5. The van der Waals surface area contributed by atoms with Crippen LogP contribution in [0.25, 0.3) is 16.9 Å². The Balaban J connectivity index is 1.61. The molecule has 20 heavy (non-hydrogen) atoms. The second-order valence-corrected chi connectivity index (χ2v) is 5.17. The van der Waals surface area contributed by atoms with Gasteiger partial charge in [-0.2, -0.15) is 4.68 Å². The van der Waals surface area contributed by atoms with Crippen molar-refractivity contribution >= 4 is 11.0 Å². The topological polar surface area (TPSA) is 55.6 Å².